The second-order valence-electron chi connectivity index (χ2n) is 4.83. The molecule has 1 fully saturated rings. The van der Waals surface area contributed by atoms with Gasteiger partial charge in [-0.15, -0.1) is 0 Å². The summed E-state index contributed by atoms with van der Waals surface area (Å²) < 4.78 is 0. The predicted molar refractivity (Wildman–Crippen MR) is 65.4 cm³/mol. The molecule has 88 valence electrons. The second kappa shape index (κ2) is 4.44. The molecule has 1 saturated heterocycles. The first-order valence-corrected chi connectivity index (χ1v) is 5.81. The van der Waals surface area contributed by atoms with Gasteiger partial charge in [0.15, 0.2) is 0 Å². The van der Waals surface area contributed by atoms with Crippen LogP contribution in [0, 0.1) is 12.8 Å². The van der Waals surface area contributed by atoms with E-state index in [9.17, 15) is 5.11 Å². The Kier molecular flexibility index (Phi) is 3.17. The quantitative estimate of drug-likeness (QED) is 0.797. The number of aryl methyl sites for hydroxylation is 1. The molecule has 1 aromatic rings. The molecular weight excluding hydrogens is 200 g/mol. The molecule has 3 heteroatoms. The number of phenols is 1. The Balaban J connectivity index is 2.24. The Morgan fingerprint density at radius 3 is 2.81 bits per heavy atom. The molecule has 1 heterocycles. The maximum atomic E-state index is 9.41. The van der Waals surface area contributed by atoms with E-state index in [1.54, 1.807) is 6.07 Å². The Morgan fingerprint density at radius 2 is 2.25 bits per heavy atom. The molecule has 1 aliphatic heterocycles. The summed E-state index contributed by atoms with van der Waals surface area (Å²) in [4.78, 5) is 2.36. The maximum Gasteiger partial charge on any atom is 0.115 e. The van der Waals surface area contributed by atoms with E-state index in [-0.39, 0.29) is 0 Å². The van der Waals surface area contributed by atoms with Crippen molar-refractivity contribution in [3.63, 3.8) is 0 Å². The van der Waals surface area contributed by atoms with Crippen molar-refractivity contribution in [2.45, 2.75) is 19.4 Å². The summed E-state index contributed by atoms with van der Waals surface area (Å²) in [5.74, 6) is 0.945. The van der Waals surface area contributed by atoms with Gasteiger partial charge in [0.1, 0.15) is 5.75 Å². The molecule has 0 aliphatic carbocycles. The van der Waals surface area contributed by atoms with E-state index in [4.69, 9.17) is 5.73 Å². The van der Waals surface area contributed by atoms with Gasteiger partial charge in [-0.2, -0.15) is 0 Å². The lowest BCUT2D eigenvalue weighted by Crippen LogP contribution is -2.20. The smallest absolute Gasteiger partial charge is 0.115 e. The summed E-state index contributed by atoms with van der Waals surface area (Å²) in [5.41, 5.74) is 8.21. The first-order valence-electron chi connectivity index (χ1n) is 5.81. The molecule has 0 bridgehead atoms. The number of rotatable bonds is 2. The van der Waals surface area contributed by atoms with Crippen molar-refractivity contribution in [1.82, 2.24) is 4.90 Å². The minimum atomic E-state index is 0.345. The fourth-order valence-electron chi connectivity index (χ4n) is 2.67. The van der Waals surface area contributed by atoms with Crippen LogP contribution < -0.4 is 5.73 Å². The lowest BCUT2D eigenvalue weighted by Gasteiger charge is -2.21. The molecule has 3 nitrogen and oxygen atoms in total. The van der Waals surface area contributed by atoms with Gasteiger partial charge >= 0.3 is 0 Å². The number of hydrogen-bond acceptors (Lipinski definition) is 3. The van der Waals surface area contributed by atoms with Crippen LogP contribution in [-0.4, -0.2) is 30.1 Å². The zero-order valence-corrected chi connectivity index (χ0v) is 9.98. The van der Waals surface area contributed by atoms with Crippen molar-refractivity contribution >= 4 is 0 Å². The standard InChI is InChI=1S/C13H20N2O/c1-9-5-11(16)3-4-12(9)13-6-10(7-14)8-15(13)2/h3-5,10,13,16H,6-8,14H2,1-2H3. The third-order valence-corrected chi connectivity index (χ3v) is 3.58. The number of nitrogens with zero attached hydrogens (tertiary/aromatic N) is 1. The van der Waals surface area contributed by atoms with Gasteiger partial charge in [0.05, 0.1) is 0 Å². The van der Waals surface area contributed by atoms with Crippen LogP contribution in [-0.2, 0) is 0 Å². The highest BCUT2D eigenvalue weighted by molar-refractivity contribution is 5.36. The highest BCUT2D eigenvalue weighted by Crippen LogP contribution is 2.35. The average Bonchev–Trinajstić information content (AvgIpc) is 2.60. The third-order valence-electron chi connectivity index (χ3n) is 3.58. The molecule has 2 rings (SSSR count). The Bertz CT molecular complexity index is 378. The van der Waals surface area contributed by atoms with Gasteiger partial charge in [-0.05, 0) is 56.1 Å². The predicted octanol–water partition coefficient (Wildman–Crippen LogP) is 1.65. The van der Waals surface area contributed by atoms with Crippen LogP contribution in [0.2, 0.25) is 0 Å². The van der Waals surface area contributed by atoms with Crippen molar-refractivity contribution in [1.29, 1.82) is 0 Å². The van der Waals surface area contributed by atoms with Gasteiger partial charge in [-0.25, -0.2) is 0 Å². The molecule has 16 heavy (non-hydrogen) atoms. The molecule has 0 saturated carbocycles. The van der Waals surface area contributed by atoms with Crippen LogP contribution in [0.3, 0.4) is 0 Å². The van der Waals surface area contributed by atoms with Gasteiger partial charge in [0.25, 0.3) is 0 Å². The zero-order valence-electron chi connectivity index (χ0n) is 9.98. The van der Waals surface area contributed by atoms with Crippen LogP contribution in [0.1, 0.15) is 23.6 Å². The van der Waals surface area contributed by atoms with E-state index in [0.29, 0.717) is 17.7 Å². The Morgan fingerprint density at radius 1 is 1.50 bits per heavy atom. The topological polar surface area (TPSA) is 49.5 Å². The molecule has 2 unspecified atom stereocenters. The van der Waals surface area contributed by atoms with E-state index in [0.717, 1.165) is 25.1 Å². The van der Waals surface area contributed by atoms with E-state index in [2.05, 4.69) is 18.9 Å². The van der Waals surface area contributed by atoms with Crippen LogP contribution in [0.4, 0.5) is 0 Å². The SMILES string of the molecule is Cc1cc(O)ccc1C1CC(CN)CN1C. The summed E-state index contributed by atoms with van der Waals surface area (Å²) in [6.45, 7) is 3.89. The Labute approximate surface area is 96.9 Å². The van der Waals surface area contributed by atoms with Gasteiger partial charge in [0, 0.05) is 12.6 Å². The summed E-state index contributed by atoms with van der Waals surface area (Å²) in [6, 6.07) is 6.09. The lowest BCUT2D eigenvalue weighted by atomic mass is 9.96. The third kappa shape index (κ3) is 2.06. The van der Waals surface area contributed by atoms with Crippen molar-refractivity contribution in [3.05, 3.63) is 29.3 Å². The van der Waals surface area contributed by atoms with Gasteiger partial charge in [0.2, 0.25) is 0 Å². The molecule has 0 radical (unpaired) electrons. The zero-order chi connectivity index (χ0) is 11.7. The molecule has 0 amide bonds. The van der Waals surface area contributed by atoms with Crippen molar-refractivity contribution in [3.8, 4) is 5.75 Å². The number of aromatic hydroxyl groups is 1. The molecule has 2 atom stereocenters. The van der Waals surface area contributed by atoms with E-state index in [1.165, 1.54) is 5.56 Å². The second-order valence-corrected chi connectivity index (χ2v) is 4.83. The summed E-state index contributed by atoms with van der Waals surface area (Å²) >= 11 is 0. The summed E-state index contributed by atoms with van der Waals surface area (Å²) in [6.07, 6.45) is 1.12. The van der Waals surface area contributed by atoms with Gasteiger partial charge in [-0.1, -0.05) is 6.07 Å². The first-order chi connectivity index (χ1) is 7.61. The van der Waals surface area contributed by atoms with Crippen LogP contribution >= 0.6 is 0 Å². The number of benzene rings is 1. The minimum absolute atomic E-state index is 0.345. The lowest BCUT2D eigenvalue weighted by molar-refractivity contribution is 0.312. The molecule has 3 N–H and O–H groups in total. The molecular formula is C13H20N2O. The molecule has 1 aliphatic rings. The highest BCUT2D eigenvalue weighted by atomic mass is 16.3. The van der Waals surface area contributed by atoms with Crippen molar-refractivity contribution in [2.24, 2.45) is 11.7 Å². The van der Waals surface area contributed by atoms with Crippen molar-refractivity contribution < 1.29 is 5.11 Å². The number of nitrogens with two attached hydrogens (primary N) is 1. The Hall–Kier alpha value is -1.06. The normalized spacial score (nSPS) is 26.2. The average molecular weight is 220 g/mol. The van der Waals surface area contributed by atoms with Crippen molar-refractivity contribution in [2.75, 3.05) is 20.1 Å². The monoisotopic (exact) mass is 220 g/mol. The molecule has 0 spiro atoms. The minimum Gasteiger partial charge on any atom is -0.508 e. The largest absolute Gasteiger partial charge is 0.508 e. The first kappa shape index (κ1) is 11.4. The summed E-state index contributed by atoms with van der Waals surface area (Å²) in [7, 11) is 2.15. The maximum absolute atomic E-state index is 9.41. The van der Waals surface area contributed by atoms with Gasteiger partial charge < -0.3 is 10.8 Å². The van der Waals surface area contributed by atoms with E-state index < -0.39 is 0 Å². The fourth-order valence-corrected chi connectivity index (χ4v) is 2.67. The highest BCUT2D eigenvalue weighted by Gasteiger charge is 2.30. The van der Waals surface area contributed by atoms with Gasteiger partial charge in [-0.3, -0.25) is 4.90 Å². The molecule has 1 aromatic carbocycles. The van der Waals surface area contributed by atoms with E-state index in [1.807, 2.05) is 12.1 Å². The molecule has 0 aromatic heterocycles. The number of phenolic OH excluding ortho intramolecular Hbond substituents is 1. The summed E-state index contributed by atoms with van der Waals surface area (Å²) in [5, 5.41) is 9.41. The van der Waals surface area contributed by atoms with Crippen LogP contribution in [0.25, 0.3) is 0 Å². The number of hydrogen-bond donors (Lipinski definition) is 2. The number of likely N-dealkylation sites (tertiary alicyclic amines) is 1. The van der Waals surface area contributed by atoms with Crippen LogP contribution in [0.5, 0.6) is 5.75 Å². The van der Waals surface area contributed by atoms with Crippen LogP contribution in [0.15, 0.2) is 18.2 Å². The fraction of sp³-hybridized carbons (Fsp3) is 0.538. The van der Waals surface area contributed by atoms with E-state index >= 15 is 0 Å².